The summed E-state index contributed by atoms with van der Waals surface area (Å²) in [5, 5.41) is 7.46. The Morgan fingerprint density at radius 2 is 2.14 bits per heavy atom. The largest absolute Gasteiger partial charge is 0.352 e. The van der Waals surface area contributed by atoms with Gasteiger partial charge in [0.2, 0.25) is 0 Å². The SMILES string of the molecule is CCCN(C(=O)c1cnn2c1C[C@@H](CNC(=O)c1cccnc1)CC2)C1CC1. The molecular formula is C21H27N5O2. The predicted octanol–water partition coefficient (Wildman–Crippen LogP) is 2.29. The molecule has 7 nitrogen and oxygen atoms in total. The lowest BCUT2D eigenvalue weighted by Gasteiger charge is -2.26. The van der Waals surface area contributed by atoms with E-state index in [0.717, 1.165) is 56.5 Å². The molecule has 0 bridgehead atoms. The second-order valence-electron chi connectivity index (χ2n) is 7.77. The van der Waals surface area contributed by atoms with Gasteiger partial charge in [-0.25, -0.2) is 0 Å². The summed E-state index contributed by atoms with van der Waals surface area (Å²) in [5.41, 5.74) is 2.32. The average Bonchev–Trinajstić information content (AvgIpc) is 3.49. The van der Waals surface area contributed by atoms with E-state index in [4.69, 9.17) is 0 Å². The molecule has 0 saturated heterocycles. The van der Waals surface area contributed by atoms with Crippen LogP contribution in [0.15, 0.2) is 30.7 Å². The molecule has 0 spiro atoms. The smallest absolute Gasteiger partial charge is 0.257 e. The summed E-state index contributed by atoms with van der Waals surface area (Å²) in [7, 11) is 0. The molecule has 1 atom stereocenters. The lowest BCUT2D eigenvalue weighted by Crippen LogP contribution is -2.36. The molecule has 28 heavy (non-hydrogen) atoms. The number of amides is 2. The predicted molar refractivity (Wildman–Crippen MR) is 105 cm³/mol. The number of carbonyl (C=O) groups is 2. The highest BCUT2D eigenvalue weighted by atomic mass is 16.2. The van der Waals surface area contributed by atoms with Crippen molar-refractivity contribution in [3.05, 3.63) is 47.5 Å². The molecule has 1 fully saturated rings. The minimum absolute atomic E-state index is 0.105. The molecule has 0 aromatic carbocycles. The van der Waals surface area contributed by atoms with Crippen LogP contribution in [-0.2, 0) is 13.0 Å². The molecule has 1 aliphatic carbocycles. The van der Waals surface area contributed by atoms with Crippen LogP contribution in [0, 0.1) is 5.92 Å². The second kappa shape index (κ2) is 8.12. The summed E-state index contributed by atoms with van der Waals surface area (Å²) in [5.74, 6) is 0.314. The number of aromatic nitrogens is 3. The van der Waals surface area contributed by atoms with Crippen LogP contribution in [0.2, 0.25) is 0 Å². The van der Waals surface area contributed by atoms with Gasteiger partial charge in [-0.1, -0.05) is 6.92 Å². The highest BCUT2D eigenvalue weighted by Crippen LogP contribution is 2.30. The lowest BCUT2D eigenvalue weighted by atomic mass is 9.94. The number of fused-ring (bicyclic) bond motifs is 1. The summed E-state index contributed by atoms with van der Waals surface area (Å²) in [6.45, 7) is 4.29. The topological polar surface area (TPSA) is 80.1 Å². The second-order valence-corrected chi connectivity index (χ2v) is 7.77. The molecular weight excluding hydrogens is 354 g/mol. The monoisotopic (exact) mass is 381 g/mol. The maximum Gasteiger partial charge on any atom is 0.257 e. The van der Waals surface area contributed by atoms with Gasteiger partial charge >= 0.3 is 0 Å². The Bertz CT molecular complexity index is 844. The number of pyridine rings is 1. The van der Waals surface area contributed by atoms with Crippen LogP contribution in [0.1, 0.15) is 59.0 Å². The number of hydrogen-bond donors (Lipinski definition) is 1. The van der Waals surface area contributed by atoms with Gasteiger partial charge in [-0.05, 0) is 50.2 Å². The number of nitrogens with one attached hydrogen (secondary N) is 1. The lowest BCUT2D eigenvalue weighted by molar-refractivity contribution is 0.0740. The van der Waals surface area contributed by atoms with E-state index < -0.39 is 0 Å². The van der Waals surface area contributed by atoms with Crippen molar-refractivity contribution in [2.45, 2.75) is 51.6 Å². The first-order valence-corrected chi connectivity index (χ1v) is 10.2. The summed E-state index contributed by atoms with van der Waals surface area (Å²) in [4.78, 5) is 31.4. The van der Waals surface area contributed by atoms with Gasteiger partial charge in [0.15, 0.2) is 0 Å². The molecule has 1 aliphatic heterocycles. The third-order valence-corrected chi connectivity index (χ3v) is 5.60. The molecule has 2 aliphatic rings. The molecule has 2 aromatic heterocycles. The Balaban J connectivity index is 1.41. The highest BCUT2D eigenvalue weighted by molar-refractivity contribution is 5.95. The van der Waals surface area contributed by atoms with E-state index in [0.29, 0.717) is 24.1 Å². The Hall–Kier alpha value is -2.70. The number of rotatable bonds is 7. The van der Waals surface area contributed by atoms with Crippen molar-refractivity contribution in [1.29, 1.82) is 0 Å². The first-order valence-electron chi connectivity index (χ1n) is 10.2. The minimum atomic E-state index is -0.105. The fourth-order valence-electron chi connectivity index (χ4n) is 3.92. The summed E-state index contributed by atoms with van der Waals surface area (Å²) >= 11 is 0. The summed E-state index contributed by atoms with van der Waals surface area (Å²) in [6.07, 6.45) is 9.85. The van der Waals surface area contributed by atoms with Crippen molar-refractivity contribution in [3.63, 3.8) is 0 Å². The van der Waals surface area contributed by atoms with Crippen molar-refractivity contribution >= 4 is 11.8 Å². The number of carbonyl (C=O) groups excluding carboxylic acids is 2. The van der Waals surface area contributed by atoms with Gasteiger partial charge in [0, 0.05) is 38.1 Å². The maximum atomic E-state index is 13.1. The van der Waals surface area contributed by atoms with E-state index in [9.17, 15) is 9.59 Å². The van der Waals surface area contributed by atoms with Gasteiger partial charge in [-0.2, -0.15) is 5.10 Å². The van der Waals surface area contributed by atoms with Crippen molar-refractivity contribution in [3.8, 4) is 0 Å². The summed E-state index contributed by atoms with van der Waals surface area (Å²) in [6, 6.07) is 3.92. The van der Waals surface area contributed by atoms with Crippen molar-refractivity contribution in [2.24, 2.45) is 5.92 Å². The number of aryl methyl sites for hydroxylation is 1. The van der Waals surface area contributed by atoms with Gasteiger partial charge in [0.25, 0.3) is 11.8 Å². The molecule has 1 saturated carbocycles. The fourth-order valence-corrected chi connectivity index (χ4v) is 3.92. The van der Waals surface area contributed by atoms with Crippen LogP contribution in [0.4, 0.5) is 0 Å². The van der Waals surface area contributed by atoms with Crippen LogP contribution in [-0.4, -0.2) is 50.6 Å². The Morgan fingerprint density at radius 3 is 2.86 bits per heavy atom. The van der Waals surface area contributed by atoms with E-state index in [-0.39, 0.29) is 11.8 Å². The highest BCUT2D eigenvalue weighted by Gasteiger charge is 2.35. The van der Waals surface area contributed by atoms with E-state index in [1.54, 1.807) is 30.7 Å². The van der Waals surface area contributed by atoms with Crippen LogP contribution in [0.3, 0.4) is 0 Å². The van der Waals surface area contributed by atoms with Crippen molar-refractivity contribution in [2.75, 3.05) is 13.1 Å². The Labute approximate surface area is 165 Å². The van der Waals surface area contributed by atoms with Crippen molar-refractivity contribution < 1.29 is 9.59 Å². The molecule has 148 valence electrons. The van der Waals surface area contributed by atoms with Crippen LogP contribution < -0.4 is 5.32 Å². The molecule has 7 heteroatoms. The molecule has 4 rings (SSSR count). The van der Waals surface area contributed by atoms with Gasteiger partial charge in [-0.15, -0.1) is 0 Å². The summed E-state index contributed by atoms with van der Waals surface area (Å²) < 4.78 is 1.96. The first-order chi connectivity index (χ1) is 13.7. The van der Waals surface area contributed by atoms with Crippen molar-refractivity contribution in [1.82, 2.24) is 25.0 Å². The Morgan fingerprint density at radius 1 is 1.29 bits per heavy atom. The minimum Gasteiger partial charge on any atom is -0.352 e. The van der Waals surface area contributed by atoms with Crippen LogP contribution in [0.25, 0.3) is 0 Å². The van der Waals surface area contributed by atoms with Crippen LogP contribution in [0.5, 0.6) is 0 Å². The maximum absolute atomic E-state index is 13.1. The molecule has 0 radical (unpaired) electrons. The standard InChI is InChI=1S/C21H27N5O2/c1-2-9-25(17-5-6-17)21(28)18-14-24-26-10-7-15(11-19(18)26)12-23-20(27)16-4-3-8-22-13-16/h3-4,8,13-15,17H,2,5-7,9-12H2,1H3,(H,23,27)/t15-/m0/s1. The molecule has 2 amide bonds. The zero-order valence-electron chi connectivity index (χ0n) is 16.3. The van der Waals surface area contributed by atoms with Gasteiger partial charge in [0.1, 0.15) is 0 Å². The number of hydrogen-bond acceptors (Lipinski definition) is 4. The normalized spacial score (nSPS) is 18.4. The zero-order valence-corrected chi connectivity index (χ0v) is 16.3. The fraction of sp³-hybridized carbons (Fsp3) is 0.524. The molecule has 2 aromatic rings. The third kappa shape index (κ3) is 3.93. The third-order valence-electron chi connectivity index (χ3n) is 5.60. The first kappa shape index (κ1) is 18.7. The van der Waals surface area contributed by atoms with Gasteiger partial charge in [0.05, 0.1) is 23.0 Å². The van der Waals surface area contributed by atoms with Crippen LogP contribution >= 0.6 is 0 Å². The number of nitrogens with zero attached hydrogens (tertiary/aromatic N) is 4. The quantitative estimate of drug-likeness (QED) is 0.798. The van der Waals surface area contributed by atoms with Gasteiger partial charge < -0.3 is 10.2 Å². The van der Waals surface area contributed by atoms with Gasteiger partial charge in [-0.3, -0.25) is 19.3 Å². The van der Waals surface area contributed by atoms with E-state index in [2.05, 4.69) is 22.3 Å². The Kier molecular flexibility index (Phi) is 5.41. The molecule has 3 heterocycles. The van der Waals surface area contributed by atoms with E-state index in [1.165, 1.54) is 0 Å². The van der Waals surface area contributed by atoms with E-state index in [1.807, 2.05) is 9.58 Å². The average molecular weight is 381 g/mol. The zero-order chi connectivity index (χ0) is 19.5. The van der Waals surface area contributed by atoms with E-state index >= 15 is 0 Å². The molecule has 0 unspecified atom stereocenters. The molecule has 1 N–H and O–H groups in total.